The van der Waals surface area contributed by atoms with Crippen molar-refractivity contribution < 1.29 is 8.42 Å². The van der Waals surface area contributed by atoms with Gasteiger partial charge in [0, 0.05) is 18.1 Å². The number of nitrogens with one attached hydrogen (secondary N) is 1. The van der Waals surface area contributed by atoms with Crippen LogP contribution < -0.4 is 4.72 Å². The van der Waals surface area contributed by atoms with Crippen molar-refractivity contribution in [3.63, 3.8) is 0 Å². The molecule has 0 unspecified atom stereocenters. The van der Waals surface area contributed by atoms with E-state index in [0.29, 0.717) is 0 Å². The smallest absolute Gasteiger partial charge is 0.240 e. The molecule has 4 nitrogen and oxygen atoms in total. The Morgan fingerprint density at radius 3 is 2.43 bits per heavy atom. The van der Waals surface area contributed by atoms with Crippen LogP contribution in [-0.2, 0) is 16.6 Å². The average molecular weight is 298 g/mol. The Morgan fingerprint density at radius 2 is 1.62 bits per heavy atom. The largest absolute Gasteiger partial charge is 0.256 e. The molecule has 0 radical (unpaired) electrons. The Balaban J connectivity index is 1.87. The number of benzene rings is 2. The summed E-state index contributed by atoms with van der Waals surface area (Å²) in [6.07, 6.45) is 1.69. The van der Waals surface area contributed by atoms with Crippen molar-refractivity contribution in [2.24, 2.45) is 0 Å². The van der Waals surface area contributed by atoms with Crippen molar-refractivity contribution in [3.8, 4) is 0 Å². The fourth-order valence-electron chi connectivity index (χ4n) is 2.16. The molecular formula is C16H14N2O2S. The molecule has 0 aliphatic heterocycles. The summed E-state index contributed by atoms with van der Waals surface area (Å²) in [7, 11) is -3.50. The Kier molecular flexibility index (Phi) is 3.68. The lowest BCUT2D eigenvalue weighted by atomic mass is 10.1. The number of nitrogens with zero attached hydrogens (tertiary/aromatic N) is 1. The minimum atomic E-state index is -3.50. The van der Waals surface area contributed by atoms with Gasteiger partial charge in [0.05, 0.1) is 10.4 Å². The molecule has 0 saturated carbocycles. The summed E-state index contributed by atoms with van der Waals surface area (Å²) >= 11 is 0. The first-order chi connectivity index (χ1) is 10.2. The van der Waals surface area contributed by atoms with Gasteiger partial charge in [0.1, 0.15) is 0 Å². The van der Waals surface area contributed by atoms with E-state index in [1.54, 1.807) is 36.5 Å². The van der Waals surface area contributed by atoms with Gasteiger partial charge in [-0.15, -0.1) is 0 Å². The van der Waals surface area contributed by atoms with Crippen LogP contribution in [-0.4, -0.2) is 13.4 Å². The normalized spacial score (nSPS) is 11.6. The molecule has 2 aromatic carbocycles. The fraction of sp³-hybridized carbons (Fsp3) is 0.0625. The highest BCUT2D eigenvalue weighted by Crippen LogP contribution is 2.17. The number of rotatable bonds is 4. The maximum Gasteiger partial charge on any atom is 0.240 e. The fourth-order valence-corrected chi connectivity index (χ4v) is 3.19. The number of hydrogen-bond donors (Lipinski definition) is 1. The van der Waals surface area contributed by atoms with Crippen LogP contribution in [0.3, 0.4) is 0 Å². The van der Waals surface area contributed by atoms with Crippen LogP contribution in [0.15, 0.2) is 71.8 Å². The van der Waals surface area contributed by atoms with Crippen molar-refractivity contribution in [3.05, 3.63) is 72.4 Å². The van der Waals surface area contributed by atoms with Crippen molar-refractivity contribution in [2.45, 2.75) is 11.4 Å². The van der Waals surface area contributed by atoms with Crippen molar-refractivity contribution in [2.75, 3.05) is 0 Å². The number of hydrogen-bond acceptors (Lipinski definition) is 3. The predicted octanol–water partition coefficient (Wildman–Crippen LogP) is 2.71. The lowest BCUT2D eigenvalue weighted by molar-refractivity contribution is 0.581. The summed E-state index contributed by atoms with van der Waals surface area (Å²) in [5.41, 5.74) is 1.76. The zero-order valence-corrected chi connectivity index (χ0v) is 12.0. The van der Waals surface area contributed by atoms with Gasteiger partial charge in [-0.1, -0.05) is 36.4 Å². The highest BCUT2D eigenvalue weighted by Gasteiger charge is 2.13. The van der Waals surface area contributed by atoms with E-state index in [4.69, 9.17) is 0 Å². The molecule has 5 heteroatoms. The van der Waals surface area contributed by atoms with E-state index in [0.717, 1.165) is 16.5 Å². The second-order valence-electron chi connectivity index (χ2n) is 4.62. The van der Waals surface area contributed by atoms with Crippen molar-refractivity contribution >= 4 is 20.9 Å². The number of aromatic nitrogens is 1. The lowest BCUT2D eigenvalue weighted by Gasteiger charge is -2.08. The quantitative estimate of drug-likeness (QED) is 0.805. The summed E-state index contributed by atoms with van der Waals surface area (Å²) in [6.45, 7) is 0.236. The van der Waals surface area contributed by atoms with Gasteiger partial charge in [-0.2, -0.15) is 0 Å². The van der Waals surface area contributed by atoms with Crippen LogP contribution in [0.1, 0.15) is 5.56 Å². The molecule has 0 amide bonds. The van der Waals surface area contributed by atoms with E-state index in [9.17, 15) is 8.42 Å². The van der Waals surface area contributed by atoms with Crippen LogP contribution in [0, 0.1) is 0 Å². The molecule has 0 saturated heterocycles. The molecule has 0 aliphatic rings. The molecule has 1 aromatic heterocycles. The third-order valence-electron chi connectivity index (χ3n) is 3.25. The van der Waals surface area contributed by atoms with E-state index in [1.165, 1.54) is 0 Å². The zero-order chi connectivity index (χ0) is 14.7. The van der Waals surface area contributed by atoms with Crippen LogP contribution in [0.25, 0.3) is 10.9 Å². The molecule has 106 valence electrons. The van der Waals surface area contributed by atoms with Crippen molar-refractivity contribution in [1.29, 1.82) is 0 Å². The molecule has 3 aromatic rings. The monoisotopic (exact) mass is 298 g/mol. The van der Waals surface area contributed by atoms with Gasteiger partial charge in [-0.05, 0) is 29.8 Å². The maximum atomic E-state index is 12.2. The van der Waals surface area contributed by atoms with E-state index in [1.807, 2.05) is 30.3 Å². The number of fused-ring (bicyclic) bond motifs is 1. The van der Waals surface area contributed by atoms with E-state index >= 15 is 0 Å². The van der Waals surface area contributed by atoms with Gasteiger partial charge in [0.25, 0.3) is 0 Å². The standard InChI is InChI=1S/C16H14N2O2S/c19-21(20,14-6-2-1-3-7-14)18-12-13-10-11-17-16-9-5-4-8-15(13)16/h1-11,18H,12H2. The molecule has 21 heavy (non-hydrogen) atoms. The summed E-state index contributed by atoms with van der Waals surface area (Å²) in [6, 6.07) is 17.9. The molecule has 0 spiro atoms. The van der Waals surface area contributed by atoms with Crippen LogP contribution >= 0.6 is 0 Å². The van der Waals surface area contributed by atoms with Crippen molar-refractivity contribution in [1.82, 2.24) is 9.71 Å². The highest BCUT2D eigenvalue weighted by atomic mass is 32.2. The zero-order valence-electron chi connectivity index (χ0n) is 11.2. The number of sulfonamides is 1. The second-order valence-corrected chi connectivity index (χ2v) is 6.39. The van der Waals surface area contributed by atoms with Crippen LogP contribution in [0.2, 0.25) is 0 Å². The Bertz CT molecular complexity index is 856. The molecule has 1 N–H and O–H groups in total. The first-order valence-electron chi connectivity index (χ1n) is 6.54. The molecule has 1 heterocycles. The Morgan fingerprint density at radius 1 is 0.905 bits per heavy atom. The molecule has 0 fully saturated rings. The molecule has 0 aliphatic carbocycles. The van der Waals surface area contributed by atoms with E-state index in [-0.39, 0.29) is 11.4 Å². The highest BCUT2D eigenvalue weighted by molar-refractivity contribution is 7.89. The second kappa shape index (κ2) is 5.63. The minimum Gasteiger partial charge on any atom is -0.256 e. The first-order valence-corrected chi connectivity index (χ1v) is 8.02. The summed E-state index contributed by atoms with van der Waals surface area (Å²) in [5.74, 6) is 0. The molecule has 0 atom stereocenters. The van der Waals surface area contributed by atoms with Crippen LogP contribution in [0.5, 0.6) is 0 Å². The topological polar surface area (TPSA) is 59.1 Å². The minimum absolute atomic E-state index is 0.236. The van der Waals surface area contributed by atoms with E-state index in [2.05, 4.69) is 9.71 Å². The first kappa shape index (κ1) is 13.7. The van der Waals surface area contributed by atoms with Gasteiger partial charge in [-0.25, -0.2) is 13.1 Å². The van der Waals surface area contributed by atoms with Gasteiger partial charge in [0.15, 0.2) is 0 Å². The number of para-hydroxylation sites is 1. The summed E-state index contributed by atoms with van der Waals surface area (Å²) < 4.78 is 27.1. The molecular weight excluding hydrogens is 284 g/mol. The maximum absolute atomic E-state index is 12.2. The van der Waals surface area contributed by atoms with Crippen LogP contribution in [0.4, 0.5) is 0 Å². The SMILES string of the molecule is O=S(=O)(NCc1ccnc2ccccc12)c1ccccc1. The summed E-state index contributed by atoms with van der Waals surface area (Å²) in [5, 5.41) is 0.954. The van der Waals surface area contributed by atoms with Gasteiger partial charge in [-0.3, -0.25) is 4.98 Å². The predicted molar refractivity (Wildman–Crippen MR) is 82.2 cm³/mol. The molecule has 3 rings (SSSR count). The van der Waals surface area contributed by atoms with Gasteiger partial charge < -0.3 is 0 Å². The lowest BCUT2D eigenvalue weighted by Crippen LogP contribution is -2.23. The molecule has 0 bridgehead atoms. The Hall–Kier alpha value is -2.24. The number of pyridine rings is 1. The third kappa shape index (κ3) is 2.94. The van der Waals surface area contributed by atoms with Gasteiger partial charge in [0.2, 0.25) is 10.0 Å². The van der Waals surface area contributed by atoms with E-state index < -0.39 is 10.0 Å². The van der Waals surface area contributed by atoms with Gasteiger partial charge >= 0.3 is 0 Å². The Labute approximate surface area is 123 Å². The average Bonchev–Trinajstić information content (AvgIpc) is 2.54. The third-order valence-corrected chi connectivity index (χ3v) is 4.66. The summed E-state index contributed by atoms with van der Waals surface area (Å²) in [4.78, 5) is 4.53.